The van der Waals surface area contributed by atoms with E-state index >= 15 is 0 Å². The molecule has 0 aliphatic heterocycles. The highest BCUT2D eigenvalue weighted by Crippen LogP contribution is 2.08. The SMILES string of the molecule is Cc1[nH]c(=O)c(Br)cc1C(=O)NN. The van der Waals surface area contributed by atoms with Crippen LogP contribution >= 0.6 is 15.9 Å². The van der Waals surface area contributed by atoms with Crippen molar-refractivity contribution in [2.75, 3.05) is 0 Å². The van der Waals surface area contributed by atoms with Crippen molar-refractivity contribution in [3.8, 4) is 0 Å². The topological polar surface area (TPSA) is 88.0 Å². The van der Waals surface area contributed by atoms with Crippen LogP contribution < -0.4 is 16.8 Å². The van der Waals surface area contributed by atoms with E-state index in [0.717, 1.165) is 0 Å². The monoisotopic (exact) mass is 245 g/mol. The molecule has 1 aromatic heterocycles. The fourth-order valence-corrected chi connectivity index (χ4v) is 1.24. The van der Waals surface area contributed by atoms with Crippen LogP contribution in [0, 0.1) is 6.92 Å². The highest BCUT2D eigenvalue weighted by atomic mass is 79.9. The standard InChI is InChI=1S/C7H8BrN3O2/c1-3-4(6(12)11-9)2-5(8)7(13)10-3/h2H,9H2,1H3,(H,10,13)(H,11,12). The van der Waals surface area contributed by atoms with Crippen LogP contribution in [-0.4, -0.2) is 10.9 Å². The van der Waals surface area contributed by atoms with E-state index < -0.39 is 5.91 Å². The molecule has 0 bridgehead atoms. The van der Waals surface area contributed by atoms with E-state index in [1.165, 1.54) is 6.07 Å². The van der Waals surface area contributed by atoms with Crippen LogP contribution in [-0.2, 0) is 0 Å². The second kappa shape index (κ2) is 3.71. The first-order chi connectivity index (χ1) is 6.06. The summed E-state index contributed by atoms with van der Waals surface area (Å²) in [5, 5.41) is 0. The van der Waals surface area contributed by atoms with Crippen LogP contribution in [0.15, 0.2) is 15.3 Å². The second-order valence-corrected chi connectivity index (χ2v) is 3.31. The third-order valence-corrected chi connectivity index (χ3v) is 2.16. The summed E-state index contributed by atoms with van der Waals surface area (Å²) in [4.78, 5) is 24.7. The first kappa shape index (κ1) is 9.94. The molecule has 70 valence electrons. The highest BCUT2D eigenvalue weighted by Gasteiger charge is 2.09. The summed E-state index contributed by atoms with van der Waals surface area (Å²) in [7, 11) is 0. The molecular weight excluding hydrogens is 238 g/mol. The summed E-state index contributed by atoms with van der Waals surface area (Å²) in [6.07, 6.45) is 0. The zero-order chi connectivity index (χ0) is 10.0. The van der Waals surface area contributed by atoms with Gasteiger partial charge in [-0.05, 0) is 28.9 Å². The lowest BCUT2D eigenvalue weighted by Crippen LogP contribution is -2.31. The van der Waals surface area contributed by atoms with Crippen molar-refractivity contribution < 1.29 is 4.79 Å². The average molecular weight is 246 g/mol. The highest BCUT2D eigenvalue weighted by molar-refractivity contribution is 9.10. The second-order valence-electron chi connectivity index (χ2n) is 2.46. The minimum atomic E-state index is -0.436. The molecule has 0 aliphatic carbocycles. The molecule has 13 heavy (non-hydrogen) atoms. The molecule has 0 unspecified atom stereocenters. The zero-order valence-corrected chi connectivity index (χ0v) is 8.44. The predicted molar refractivity (Wildman–Crippen MR) is 51.2 cm³/mol. The Labute approximate surface area is 82.4 Å². The molecule has 0 aliphatic rings. The number of nitrogens with two attached hydrogens (primary N) is 1. The van der Waals surface area contributed by atoms with Crippen LogP contribution in [0.3, 0.4) is 0 Å². The van der Waals surface area contributed by atoms with Gasteiger partial charge in [0.2, 0.25) is 0 Å². The molecule has 1 aromatic rings. The Bertz CT molecular complexity index is 399. The number of hydrogen-bond acceptors (Lipinski definition) is 3. The number of pyridine rings is 1. The molecular formula is C7H8BrN3O2. The number of aryl methyl sites for hydroxylation is 1. The van der Waals surface area contributed by atoms with Gasteiger partial charge >= 0.3 is 0 Å². The molecule has 0 saturated heterocycles. The smallest absolute Gasteiger partial charge is 0.266 e. The normalized spacial score (nSPS) is 9.77. The van der Waals surface area contributed by atoms with Crippen molar-refractivity contribution in [1.82, 2.24) is 10.4 Å². The van der Waals surface area contributed by atoms with Crippen molar-refractivity contribution in [1.29, 1.82) is 0 Å². The fourth-order valence-electron chi connectivity index (χ4n) is 0.911. The summed E-state index contributed by atoms with van der Waals surface area (Å²) >= 11 is 3.01. The molecule has 1 amide bonds. The van der Waals surface area contributed by atoms with Crippen molar-refractivity contribution in [3.05, 3.63) is 32.2 Å². The molecule has 6 heteroatoms. The van der Waals surface area contributed by atoms with Crippen LogP contribution in [0.1, 0.15) is 16.1 Å². The van der Waals surface area contributed by atoms with Gasteiger partial charge in [0.1, 0.15) is 0 Å². The number of rotatable bonds is 1. The molecule has 0 atom stereocenters. The van der Waals surface area contributed by atoms with E-state index in [-0.39, 0.29) is 5.56 Å². The minimum Gasteiger partial charge on any atom is -0.325 e. The Kier molecular flexibility index (Phi) is 2.84. The van der Waals surface area contributed by atoms with Crippen LogP contribution in [0.25, 0.3) is 0 Å². The first-order valence-electron chi connectivity index (χ1n) is 3.46. The van der Waals surface area contributed by atoms with Gasteiger partial charge in [0, 0.05) is 5.69 Å². The van der Waals surface area contributed by atoms with E-state index in [0.29, 0.717) is 15.7 Å². The average Bonchev–Trinajstić information content (AvgIpc) is 2.10. The Hall–Kier alpha value is -1.14. The lowest BCUT2D eigenvalue weighted by molar-refractivity contribution is 0.0952. The maximum atomic E-state index is 11.1. The molecule has 1 heterocycles. The summed E-state index contributed by atoms with van der Waals surface area (Å²) < 4.78 is 0.302. The van der Waals surface area contributed by atoms with Crippen LogP contribution in [0.5, 0.6) is 0 Å². The molecule has 0 saturated carbocycles. The Balaban J connectivity index is 3.31. The van der Waals surface area contributed by atoms with Gasteiger partial charge in [-0.25, -0.2) is 5.84 Å². The van der Waals surface area contributed by atoms with E-state index in [1.54, 1.807) is 6.92 Å². The maximum absolute atomic E-state index is 11.1. The van der Waals surface area contributed by atoms with Crippen molar-refractivity contribution in [2.24, 2.45) is 5.84 Å². The molecule has 0 spiro atoms. The number of H-pyrrole nitrogens is 1. The van der Waals surface area contributed by atoms with E-state index in [9.17, 15) is 9.59 Å². The zero-order valence-electron chi connectivity index (χ0n) is 6.85. The van der Waals surface area contributed by atoms with Gasteiger partial charge in [0.25, 0.3) is 11.5 Å². The van der Waals surface area contributed by atoms with Crippen molar-refractivity contribution in [3.63, 3.8) is 0 Å². The van der Waals surface area contributed by atoms with Gasteiger partial charge in [-0.15, -0.1) is 0 Å². The molecule has 0 aromatic carbocycles. The van der Waals surface area contributed by atoms with Crippen molar-refractivity contribution in [2.45, 2.75) is 6.92 Å². The Morgan fingerprint density at radius 2 is 2.31 bits per heavy atom. The maximum Gasteiger partial charge on any atom is 0.266 e. The quantitative estimate of drug-likeness (QED) is 0.371. The number of nitrogens with one attached hydrogen (secondary N) is 2. The van der Waals surface area contributed by atoms with Crippen LogP contribution in [0.4, 0.5) is 0 Å². The van der Waals surface area contributed by atoms with Gasteiger partial charge in [-0.2, -0.15) is 0 Å². The van der Waals surface area contributed by atoms with Gasteiger partial charge in [0.05, 0.1) is 10.0 Å². The number of amides is 1. The van der Waals surface area contributed by atoms with Crippen LogP contribution in [0.2, 0.25) is 0 Å². The molecule has 0 fully saturated rings. The minimum absolute atomic E-state index is 0.272. The predicted octanol–water partition coefficient (Wildman–Crippen LogP) is 0.0493. The molecule has 1 rings (SSSR count). The van der Waals surface area contributed by atoms with Crippen molar-refractivity contribution >= 4 is 21.8 Å². The fraction of sp³-hybridized carbons (Fsp3) is 0.143. The number of aromatic amines is 1. The molecule has 4 N–H and O–H groups in total. The van der Waals surface area contributed by atoms with E-state index in [2.05, 4.69) is 20.9 Å². The summed E-state index contributed by atoms with van der Waals surface area (Å²) in [5.74, 6) is 4.52. The third kappa shape index (κ3) is 1.96. The number of carbonyl (C=O) groups excluding carboxylic acids is 1. The number of hydrogen-bond donors (Lipinski definition) is 3. The Morgan fingerprint density at radius 1 is 1.69 bits per heavy atom. The number of hydrazine groups is 1. The third-order valence-electron chi connectivity index (χ3n) is 1.57. The molecule has 0 radical (unpaired) electrons. The van der Waals surface area contributed by atoms with E-state index in [4.69, 9.17) is 5.84 Å². The lowest BCUT2D eigenvalue weighted by Gasteiger charge is -2.03. The number of halogens is 1. The largest absolute Gasteiger partial charge is 0.325 e. The first-order valence-corrected chi connectivity index (χ1v) is 4.26. The lowest BCUT2D eigenvalue weighted by atomic mass is 10.2. The van der Waals surface area contributed by atoms with E-state index in [1.807, 2.05) is 5.43 Å². The van der Waals surface area contributed by atoms with Gasteiger partial charge < -0.3 is 4.98 Å². The molecule has 5 nitrogen and oxygen atoms in total. The van der Waals surface area contributed by atoms with Gasteiger partial charge in [-0.3, -0.25) is 15.0 Å². The summed E-state index contributed by atoms with van der Waals surface area (Å²) in [5.41, 5.74) is 2.54. The number of aromatic nitrogens is 1. The Morgan fingerprint density at radius 3 is 2.85 bits per heavy atom. The van der Waals surface area contributed by atoms with Gasteiger partial charge in [-0.1, -0.05) is 0 Å². The van der Waals surface area contributed by atoms with Gasteiger partial charge in [0.15, 0.2) is 0 Å². The summed E-state index contributed by atoms with van der Waals surface area (Å²) in [6.45, 7) is 1.62. The summed E-state index contributed by atoms with van der Waals surface area (Å²) in [6, 6.07) is 1.43. The number of nitrogen functional groups attached to an aromatic ring is 1. The number of carbonyl (C=O) groups is 1.